The molecule has 0 aliphatic carbocycles. The molecule has 4 rings (SSSR count). The number of anilines is 1. The largest absolute Gasteiger partial charge is 0.384 e. The molecule has 0 spiro atoms. The molecule has 1 saturated heterocycles. The molecule has 0 bridgehead atoms. The Kier molecular flexibility index (Phi) is 6.86. The van der Waals surface area contributed by atoms with E-state index in [0.29, 0.717) is 6.61 Å². The number of nitrogens with one attached hydrogen (secondary N) is 2. The van der Waals surface area contributed by atoms with Gasteiger partial charge in [0.2, 0.25) is 5.91 Å². The molecule has 1 aliphatic heterocycles. The van der Waals surface area contributed by atoms with E-state index in [0.717, 1.165) is 61.1 Å². The van der Waals surface area contributed by atoms with E-state index in [4.69, 9.17) is 4.74 Å². The Morgan fingerprint density at radius 1 is 1.18 bits per heavy atom. The molecule has 2 N–H and O–H groups in total. The zero-order valence-electron chi connectivity index (χ0n) is 19.8. The van der Waals surface area contributed by atoms with Gasteiger partial charge in [0.1, 0.15) is 5.82 Å². The van der Waals surface area contributed by atoms with Gasteiger partial charge in [-0.25, -0.2) is 4.39 Å². The highest BCUT2D eigenvalue weighted by Gasteiger charge is 2.51. The maximum atomic E-state index is 13.7. The van der Waals surface area contributed by atoms with Gasteiger partial charge in [-0.05, 0) is 68.2 Å². The average Bonchev–Trinajstić information content (AvgIpc) is 3.21. The summed E-state index contributed by atoms with van der Waals surface area (Å²) in [5.74, 6) is -0.179. The van der Waals surface area contributed by atoms with Crippen molar-refractivity contribution < 1.29 is 13.9 Å². The van der Waals surface area contributed by atoms with Crippen LogP contribution < -0.4 is 5.32 Å². The summed E-state index contributed by atoms with van der Waals surface area (Å²) in [6.07, 6.45) is 4.62. The van der Waals surface area contributed by atoms with Crippen LogP contribution in [-0.4, -0.2) is 49.1 Å². The van der Waals surface area contributed by atoms with E-state index in [1.807, 2.05) is 50.4 Å². The number of hydrogen-bond donors (Lipinski definition) is 2. The van der Waals surface area contributed by atoms with E-state index in [-0.39, 0.29) is 17.1 Å². The number of likely N-dealkylation sites (tertiary alicyclic amines) is 1. The SMILES string of the molecule is COCC1(C(C)(C)C(=O)Nc2ccccc2)CCN(CCc2c[nH]c3ccc(F)cc23)CC1. The number of ether oxygens (including phenoxy) is 1. The molecule has 0 saturated carbocycles. The highest BCUT2D eigenvalue weighted by Crippen LogP contribution is 2.48. The quantitative estimate of drug-likeness (QED) is 0.492. The number of hydrogen-bond acceptors (Lipinski definition) is 3. The zero-order chi connectivity index (χ0) is 23.5. The van der Waals surface area contributed by atoms with Crippen molar-refractivity contribution in [1.29, 1.82) is 0 Å². The predicted molar refractivity (Wildman–Crippen MR) is 131 cm³/mol. The number of rotatable bonds is 8. The van der Waals surface area contributed by atoms with Gasteiger partial charge in [0, 0.05) is 41.9 Å². The molecular weight excluding hydrogens is 417 g/mol. The van der Waals surface area contributed by atoms with E-state index in [2.05, 4.69) is 15.2 Å². The molecule has 1 aliphatic rings. The van der Waals surface area contributed by atoms with Gasteiger partial charge in [0.25, 0.3) is 0 Å². The molecule has 2 aromatic carbocycles. The first-order valence-electron chi connectivity index (χ1n) is 11.7. The Labute approximate surface area is 195 Å². The fourth-order valence-corrected chi connectivity index (χ4v) is 5.12. The van der Waals surface area contributed by atoms with Crippen molar-refractivity contribution in [1.82, 2.24) is 9.88 Å². The maximum Gasteiger partial charge on any atom is 0.230 e. The van der Waals surface area contributed by atoms with Gasteiger partial charge in [-0.1, -0.05) is 32.0 Å². The summed E-state index contributed by atoms with van der Waals surface area (Å²) in [5.41, 5.74) is 2.10. The van der Waals surface area contributed by atoms with Gasteiger partial charge >= 0.3 is 0 Å². The molecule has 1 fully saturated rings. The third-order valence-electron chi connectivity index (χ3n) is 7.59. The molecule has 5 nitrogen and oxygen atoms in total. The lowest BCUT2D eigenvalue weighted by Gasteiger charge is -2.50. The molecular formula is C27H34FN3O2. The number of aromatic nitrogens is 1. The normalized spacial score (nSPS) is 16.7. The number of H-pyrrole nitrogens is 1. The van der Waals surface area contributed by atoms with Crippen molar-refractivity contribution in [2.24, 2.45) is 10.8 Å². The predicted octanol–water partition coefficient (Wildman–Crippen LogP) is 5.24. The van der Waals surface area contributed by atoms with Crippen LogP contribution in [0.25, 0.3) is 10.9 Å². The lowest BCUT2D eigenvalue weighted by molar-refractivity contribution is -0.139. The Morgan fingerprint density at radius 2 is 1.91 bits per heavy atom. The van der Waals surface area contributed by atoms with E-state index in [1.165, 1.54) is 6.07 Å². The Balaban J connectivity index is 1.41. The minimum Gasteiger partial charge on any atom is -0.384 e. The number of amides is 1. The number of carbonyl (C=O) groups excluding carboxylic acids is 1. The monoisotopic (exact) mass is 451 g/mol. The number of fused-ring (bicyclic) bond motifs is 1. The van der Waals surface area contributed by atoms with Crippen molar-refractivity contribution in [3.8, 4) is 0 Å². The second-order valence-electron chi connectivity index (χ2n) is 9.75. The minimum atomic E-state index is -0.584. The van der Waals surface area contributed by atoms with Crippen LogP contribution in [0.5, 0.6) is 0 Å². The van der Waals surface area contributed by atoms with Crippen LogP contribution in [0, 0.1) is 16.6 Å². The fraction of sp³-hybridized carbons (Fsp3) is 0.444. The van der Waals surface area contributed by atoms with Crippen LogP contribution in [0.4, 0.5) is 10.1 Å². The standard InChI is InChI=1S/C27H34FN3O2/c1-26(2,25(32)30-22-7-5-4-6-8-22)27(19-33-3)12-15-31(16-13-27)14-11-20-18-29-24-10-9-21(28)17-23(20)24/h4-10,17-18,29H,11-16,19H2,1-3H3,(H,30,32). The summed E-state index contributed by atoms with van der Waals surface area (Å²) in [6.45, 7) is 7.35. The molecule has 1 amide bonds. The van der Waals surface area contributed by atoms with Gasteiger partial charge in [-0.2, -0.15) is 0 Å². The number of carbonyl (C=O) groups is 1. The van der Waals surface area contributed by atoms with Crippen molar-refractivity contribution >= 4 is 22.5 Å². The molecule has 176 valence electrons. The smallest absolute Gasteiger partial charge is 0.230 e. The molecule has 0 radical (unpaired) electrons. The molecule has 3 aromatic rings. The number of nitrogens with zero attached hydrogens (tertiary/aromatic N) is 1. The van der Waals surface area contributed by atoms with E-state index in [9.17, 15) is 9.18 Å². The molecule has 6 heteroatoms. The lowest BCUT2D eigenvalue weighted by Crippen LogP contribution is -2.54. The Morgan fingerprint density at radius 3 is 2.61 bits per heavy atom. The maximum absolute atomic E-state index is 13.7. The highest BCUT2D eigenvalue weighted by atomic mass is 19.1. The number of piperidine rings is 1. The third kappa shape index (κ3) is 4.82. The second kappa shape index (κ2) is 9.65. The van der Waals surface area contributed by atoms with Gasteiger partial charge < -0.3 is 19.9 Å². The number of benzene rings is 2. The first kappa shape index (κ1) is 23.5. The number of halogens is 1. The Hall–Kier alpha value is -2.70. The number of aromatic amines is 1. The first-order chi connectivity index (χ1) is 15.8. The third-order valence-corrected chi connectivity index (χ3v) is 7.59. The fourth-order valence-electron chi connectivity index (χ4n) is 5.12. The minimum absolute atomic E-state index is 0.0278. The van der Waals surface area contributed by atoms with Crippen LogP contribution >= 0.6 is 0 Å². The molecule has 0 unspecified atom stereocenters. The van der Waals surface area contributed by atoms with E-state index >= 15 is 0 Å². The van der Waals surface area contributed by atoms with Crippen molar-refractivity contribution in [2.45, 2.75) is 33.1 Å². The van der Waals surface area contributed by atoms with Gasteiger partial charge in [0.15, 0.2) is 0 Å². The topological polar surface area (TPSA) is 57.4 Å². The Bertz CT molecular complexity index is 1090. The van der Waals surface area contributed by atoms with Crippen LogP contribution in [0.1, 0.15) is 32.3 Å². The van der Waals surface area contributed by atoms with Gasteiger partial charge in [0.05, 0.1) is 12.0 Å². The summed E-state index contributed by atoms with van der Waals surface area (Å²) < 4.78 is 19.3. The number of para-hydroxylation sites is 1. The molecule has 0 atom stereocenters. The first-order valence-corrected chi connectivity index (χ1v) is 11.7. The summed E-state index contributed by atoms with van der Waals surface area (Å²) in [6, 6.07) is 14.5. The lowest BCUT2D eigenvalue weighted by atomic mass is 9.60. The van der Waals surface area contributed by atoms with E-state index in [1.54, 1.807) is 19.2 Å². The zero-order valence-corrected chi connectivity index (χ0v) is 19.8. The second-order valence-corrected chi connectivity index (χ2v) is 9.75. The van der Waals surface area contributed by atoms with Crippen molar-refractivity contribution in [2.75, 3.05) is 38.7 Å². The van der Waals surface area contributed by atoms with Crippen LogP contribution in [0.2, 0.25) is 0 Å². The summed E-state index contributed by atoms with van der Waals surface area (Å²) >= 11 is 0. The highest BCUT2D eigenvalue weighted by molar-refractivity contribution is 5.95. The van der Waals surface area contributed by atoms with Gasteiger partial charge in [-0.3, -0.25) is 4.79 Å². The summed E-state index contributed by atoms with van der Waals surface area (Å²) in [4.78, 5) is 19.0. The molecule has 2 heterocycles. The summed E-state index contributed by atoms with van der Waals surface area (Å²) in [7, 11) is 1.72. The average molecular weight is 452 g/mol. The van der Waals surface area contributed by atoms with Gasteiger partial charge in [-0.15, -0.1) is 0 Å². The van der Waals surface area contributed by atoms with E-state index < -0.39 is 5.41 Å². The van der Waals surface area contributed by atoms with Crippen LogP contribution in [0.15, 0.2) is 54.7 Å². The molecule has 1 aromatic heterocycles. The van der Waals surface area contributed by atoms with Crippen molar-refractivity contribution in [3.05, 3.63) is 66.1 Å². The van der Waals surface area contributed by atoms with Crippen molar-refractivity contribution in [3.63, 3.8) is 0 Å². The van der Waals surface area contributed by atoms with Crippen LogP contribution in [0.3, 0.4) is 0 Å². The van der Waals surface area contributed by atoms with Crippen LogP contribution in [-0.2, 0) is 16.0 Å². The summed E-state index contributed by atoms with van der Waals surface area (Å²) in [5, 5.41) is 4.05. The molecule has 33 heavy (non-hydrogen) atoms. The number of methoxy groups -OCH3 is 1.